The van der Waals surface area contributed by atoms with E-state index in [1.807, 2.05) is 24.3 Å². The topological polar surface area (TPSA) is 87.7 Å². The molecule has 184 valence electrons. The Kier molecular flexibility index (Phi) is 6.25. The molecular weight excluding hydrogens is 481 g/mol. The van der Waals surface area contributed by atoms with Gasteiger partial charge in [-0.3, -0.25) is 9.78 Å². The molecule has 0 aliphatic heterocycles. The normalized spacial score (nSPS) is 15.1. The Bertz CT molecular complexity index is 1350. The molecule has 2 aromatic carbocycles. The average molecular weight is 505 g/mol. The molecule has 1 aliphatic rings. The molecule has 1 aliphatic carbocycles. The first-order valence-corrected chi connectivity index (χ1v) is 11.4. The first-order valence-electron chi connectivity index (χ1n) is 11.0. The fourth-order valence-corrected chi connectivity index (χ4v) is 3.75. The number of benzene rings is 2. The highest BCUT2D eigenvalue weighted by molar-refractivity contribution is 6.33. The van der Waals surface area contributed by atoms with Gasteiger partial charge in [-0.15, -0.1) is 0 Å². The Morgan fingerprint density at radius 3 is 2.51 bits per heavy atom. The van der Waals surface area contributed by atoms with E-state index in [0.29, 0.717) is 16.7 Å². The third-order valence-electron chi connectivity index (χ3n) is 6.48. The van der Waals surface area contributed by atoms with Crippen LogP contribution in [-0.4, -0.2) is 27.0 Å². The van der Waals surface area contributed by atoms with Crippen molar-refractivity contribution in [3.63, 3.8) is 0 Å². The van der Waals surface area contributed by atoms with Crippen molar-refractivity contribution in [1.29, 1.82) is 0 Å². The third kappa shape index (κ3) is 5.10. The fourth-order valence-electron chi connectivity index (χ4n) is 3.55. The van der Waals surface area contributed by atoms with E-state index in [0.717, 1.165) is 32.3 Å². The summed E-state index contributed by atoms with van der Waals surface area (Å²) in [6.45, 7) is 3.66. The maximum absolute atomic E-state index is 13.1. The van der Waals surface area contributed by atoms with E-state index in [4.69, 9.17) is 11.6 Å². The monoisotopic (exact) mass is 504 g/mol. The summed E-state index contributed by atoms with van der Waals surface area (Å²) >= 11 is 6.35. The number of hydrogen-bond donors (Lipinski definition) is 2. The van der Waals surface area contributed by atoms with Crippen LogP contribution in [0.1, 0.15) is 44.7 Å². The zero-order valence-corrected chi connectivity index (χ0v) is 20.1. The van der Waals surface area contributed by atoms with Crippen LogP contribution in [0.5, 0.6) is 0 Å². The van der Waals surface area contributed by atoms with E-state index in [9.17, 15) is 22.8 Å². The number of alkyl halides is 3. The Labute approximate surface area is 205 Å². The van der Waals surface area contributed by atoms with E-state index in [1.54, 1.807) is 12.1 Å². The molecule has 0 saturated heterocycles. The summed E-state index contributed by atoms with van der Waals surface area (Å²) in [5.41, 5.74) is -0.339. The molecule has 0 radical (unpaired) electrons. The molecule has 1 heterocycles. The molecule has 0 spiro atoms. The van der Waals surface area contributed by atoms with Crippen molar-refractivity contribution in [3.05, 3.63) is 69.1 Å². The third-order valence-corrected chi connectivity index (χ3v) is 6.81. The predicted molar refractivity (Wildman–Crippen MR) is 127 cm³/mol. The van der Waals surface area contributed by atoms with Gasteiger partial charge in [-0.25, -0.2) is 9.78 Å². The van der Waals surface area contributed by atoms with Gasteiger partial charge < -0.3 is 5.32 Å². The van der Waals surface area contributed by atoms with E-state index in [-0.39, 0.29) is 28.6 Å². The second-order valence-corrected chi connectivity index (χ2v) is 9.99. The number of carbonyl (C=O) groups is 1. The average Bonchev–Trinajstić information content (AvgIpc) is 3.55. The van der Waals surface area contributed by atoms with Gasteiger partial charge >= 0.3 is 11.9 Å². The Morgan fingerprint density at radius 1 is 1.14 bits per heavy atom. The lowest BCUT2D eigenvalue weighted by atomic mass is 9.91. The van der Waals surface area contributed by atoms with Crippen LogP contribution in [0.25, 0.3) is 22.8 Å². The van der Waals surface area contributed by atoms with Crippen molar-refractivity contribution in [2.75, 3.05) is 0 Å². The van der Waals surface area contributed by atoms with E-state index in [2.05, 4.69) is 27.2 Å². The number of halogens is 4. The van der Waals surface area contributed by atoms with Gasteiger partial charge in [-0.05, 0) is 61.4 Å². The second kappa shape index (κ2) is 8.78. The van der Waals surface area contributed by atoms with Gasteiger partial charge in [0.25, 0.3) is 0 Å². The quantitative estimate of drug-likeness (QED) is 0.470. The van der Waals surface area contributed by atoms with Crippen molar-refractivity contribution < 1.29 is 18.0 Å². The summed E-state index contributed by atoms with van der Waals surface area (Å²) in [6, 6.07) is 12.4. The maximum Gasteiger partial charge on any atom is 0.402 e. The Hall–Kier alpha value is -3.20. The maximum atomic E-state index is 13.1. The summed E-state index contributed by atoms with van der Waals surface area (Å²) in [4.78, 5) is 35.6. The predicted octanol–water partition coefficient (Wildman–Crippen LogP) is 5.41. The minimum atomic E-state index is -4.69. The zero-order valence-electron chi connectivity index (χ0n) is 19.4. The molecule has 1 aromatic heterocycles. The summed E-state index contributed by atoms with van der Waals surface area (Å²) in [5, 5.41) is 2.59. The zero-order chi connectivity index (χ0) is 25.6. The van der Waals surface area contributed by atoms with E-state index < -0.39 is 23.2 Å². The van der Waals surface area contributed by atoms with Gasteiger partial charge in [0.15, 0.2) is 5.82 Å². The lowest BCUT2D eigenvalue weighted by Crippen LogP contribution is -2.46. The molecule has 0 atom stereocenters. The number of H-pyrrole nitrogens is 1. The first-order chi connectivity index (χ1) is 16.3. The van der Waals surface area contributed by atoms with Crippen LogP contribution in [-0.2, 0) is 16.8 Å². The second-order valence-electron chi connectivity index (χ2n) is 9.59. The summed E-state index contributed by atoms with van der Waals surface area (Å²) < 4.78 is 39.4. The van der Waals surface area contributed by atoms with Gasteiger partial charge in [0.1, 0.15) is 11.2 Å². The van der Waals surface area contributed by atoms with Gasteiger partial charge in [-0.2, -0.15) is 18.2 Å². The number of nitrogens with zero attached hydrogens (tertiary/aromatic N) is 2. The SMILES string of the molecule is CC1(c2cccc(-c3nc(-c4cc(CNC(=O)C(C)(C)C(F)(F)F)ccc4Cl)[nH]c(=O)n3)c2)CC1. The van der Waals surface area contributed by atoms with Crippen molar-refractivity contribution in [1.82, 2.24) is 20.3 Å². The minimum Gasteiger partial charge on any atom is -0.351 e. The molecule has 35 heavy (non-hydrogen) atoms. The number of nitrogens with one attached hydrogen (secondary N) is 2. The molecule has 6 nitrogen and oxygen atoms in total. The Morgan fingerprint density at radius 2 is 1.86 bits per heavy atom. The molecule has 1 fully saturated rings. The van der Waals surface area contributed by atoms with Gasteiger partial charge in [0.05, 0.1) is 5.02 Å². The largest absolute Gasteiger partial charge is 0.402 e. The van der Waals surface area contributed by atoms with E-state index >= 15 is 0 Å². The molecule has 1 saturated carbocycles. The highest BCUT2D eigenvalue weighted by atomic mass is 35.5. The summed E-state index contributed by atoms with van der Waals surface area (Å²) in [6.07, 6.45) is -2.50. The standard InChI is InChI=1S/C25H24ClF3N4O2/c1-23(2,25(27,28)29)21(34)30-13-14-7-8-18(26)17(11-14)20-31-19(32-22(35)33-20)15-5-4-6-16(12-15)24(3)9-10-24/h4-8,11-12H,9-10,13H2,1-3H3,(H,30,34)(H,31,32,33,35). The first kappa shape index (κ1) is 24.9. The number of amides is 1. The van der Waals surface area contributed by atoms with Gasteiger partial charge in [-0.1, -0.05) is 42.8 Å². The number of aromatic amines is 1. The van der Waals surface area contributed by atoms with E-state index in [1.165, 1.54) is 6.07 Å². The smallest absolute Gasteiger partial charge is 0.351 e. The number of rotatable bonds is 6. The van der Waals surface area contributed by atoms with Crippen molar-refractivity contribution in [3.8, 4) is 22.8 Å². The van der Waals surface area contributed by atoms with Crippen LogP contribution in [0.3, 0.4) is 0 Å². The van der Waals surface area contributed by atoms with Gasteiger partial charge in [0.2, 0.25) is 5.91 Å². The number of hydrogen-bond acceptors (Lipinski definition) is 4. The van der Waals surface area contributed by atoms with Crippen LogP contribution in [0.2, 0.25) is 5.02 Å². The molecule has 2 N–H and O–H groups in total. The van der Waals surface area contributed by atoms with Crippen molar-refractivity contribution >= 4 is 17.5 Å². The lowest BCUT2D eigenvalue weighted by molar-refractivity contribution is -0.211. The van der Waals surface area contributed by atoms with Crippen LogP contribution >= 0.6 is 11.6 Å². The lowest BCUT2D eigenvalue weighted by Gasteiger charge is -2.26. The fraction of sp³-hybridized carbons (Fsp3) is 0.360. The summed E-state index contributed by atoms with van der Waals surface area (Å²) in [5.74, 6) is -0.753. The molecule has 4 rings (SSSR count). The molecule has 0 bridgehead atoms. The number of aromatic nitrogens is 3. The Balaban J connectivity index is 1.63. The van der Waals surface area contributed by atoms with Crippen LogP contribution in [0, 0.1) is 5.41 Å². The van der Waals surface area contributed by atoms with Crippen molar-refractivity contribution in [2.24, 2.45) is 5.41 Å². The highest BCUT2D eigenvalue weighted by Gasteiger charge is 2.52. The van der Waals surface area contributed by atoms with Crippen molar-refractivity contribution in [2.45, 2.75) is 51.7 Å². The molecule has 3 aromatic rings. The molecule has 1 amide bonds. The molecular formula is C25H24ClF3N4O2. The van der Waals surface area contributed by atoms with Crippen LogP contribution in [0.15, 0.2) is 47.3 Å². The highest BCUT2D eigenvalue weighted by Crippen LogP contribution is 2.48. The van der Waals surface area contributed by atoms with Crippen LogP contribution in [0.4, 0.5) is 13.2 Å². The molecule has 10 heteroatoms. The summed E-state index contributed by atoms with van der Waals surface area (Å²) in [7, 11) is 0. The number of carbonyl (C=O) groups excluding carboxylic acids is 1. The molecule has 0 unspecified atom stereocenters. The van der Waals surface area contributed by atoms with Crippen LogP contribution < -0.4 is 11.0 Å². The minimum absolute atomic E-state index is 0.128. The van der Waals surface area contributed by atoms with Gasteiger partial charge in [0, 0.05) is 17.7 Å².